The molecule has 0 saturated carbocycles. The average molecular weight is 412 g/mol. The lowest BCUT2D eigenvalue weighted by atomic mass is 9.93. The van der Waals surface area contributed by atoms with Gasteiger partial charge in [-0.1, -0.05) is 13.3 Å². The molecule has 0 aromatic heterocycles. The van der Waals surface area contributed by atoms with E-state index in [4.69, 9.17) is 9.47 Å². The van der Waals surface area contributed by atoms with Crippen molar-refractivity contribution < 1.29 is 19.1 Å². The summed E-state index contributed by atoms with van der Waals surface area (Å²) in [5.41, 5.74) is 1.22. The molecule has 0 bridgehead atoms. The highest BCUT2D eigenvalue weighted by Gasteiger charge is 2.36. The molecule has 0 aliphatic carbocycles. The van der Waals surface area contributed by atoms with Crippen molar-refractivity contribution >= 4 is 29.0 Å². The van der Waals surface area contributed by atoms with Gasteiger partial charge in [-0.3, -0.25) is 4.79 Å². The lowest BCUT2D eigenvalue weighted by Crippen LogP contribution is -2.39. The van der Waals surface area contributed by atoms with Gasteiger partial charge in [-0.05, 0) is 62.7 Å². The van der Waals surface area contributed by atoms with Crippen LogP contribution in [0.1, 0.15) is 33.6 Å². The summed E-state index contributed by atoms with van der Waals surface area (Å²) in [6.45, 7) is 6.80. The lowest BCUT2D eigenvalue weighted by Gasteiger charge is -2.24. The Bertz CT molecular complexity index is 909. The molecule has 0 saturated heterocycles. The zero-order valence-corrected chi connectivity index (χ0v) is 18.0. The fourth-order valence-electron chi connectivity index (χ4n) is 3.12. The number of fused-ring (bicyclic) bond motifs is 1. The van der Waals surface area contributed by atoms with Crippen molar-refractivity contribution in [2.45, 2.75) is 33.6 Å². The maximum atomic E-state index is 12.7. The third-order valence-corrected chi connectivity index (χ3v) is 4.93. The van der Waals surface area contributed by atoms with Crippen molar-refractivity contribution in [1.29, 1.82) is 0 Å². The Morgan fingerprint density at radius 1 is 1.13 bits per heavy atom. The third kappa shape index (κ3) is 5.03. The van der Waals surface area contributed by atoms with Crippen molar-refractivity contribution in [3.8, 4) is 11.5 Å². The summed E-state index contributed by atoms with van der Waals surface area (Å²) in [5, 5.41) is 5.59. The summed E-state index contributed by atoms with van der Waals surface area (Å²) in [4.78, 5) is 26.6. The molecule has 3 amide bonds. The first-order valence-corrected chi connectivity index (χ1v) is 10.2. The van der Waals surface area contributed by atoms with Gasteiger partial charge in [0.2, 0.25) is 5.91 Å². The molecule has 1 heterocycles. The van der Waals surface area contributed by atoms with Crippen LogP contribution in [-0.4, -0.2) is 32.2 Å². The highest BCUT2D eigenvalue weighted by atomic mass is 16.5. The number of carbonyl (C=O) groups excluding carboxylic acids is 2. The van der Waals surface area contributed by atoms with Gasteiger partial charge in [0.05, 0.1) is 17.7 Å². The van der Waals surface area contributed by atoms with Gasteiger partial charge in [0, 0.05) is 18.4 Å². The summed E-state index contributed by atoms with van der Waals surface area (Å²) in [7, 11) is 1.71. The second kappa shape index (κ2) is 9.07. The molecule has 2 aromatic carbocycles. The van der Waals surface area contributed by atoms with Gasteiger partial charge in [-0.25, -0.2) is 4.79 Å². The molecule has 0 atom stereocenters. The van der Waals surface area contributed by atoms with E-state index in [0.717, 1.165) is 18.6 Å². The molecule has 1 aliphatic rings. The molecule has 160 valence electrons. The first-order chi connectivity index (χ1) is 14.3. The maximum Gasteiger partial charge on any atom is 0.323 e. The quantitative estimate of drug-likeness (QED) is 0.663. The van der Waals surface area contributed by atoms with Gasteiger partial charge in [-0.2, -0.15) is 0 Å². The summed E-state index contributed by atoms with van der Waals surface area (Å²) in [6, 6.07) is 12.1. The smallest absolute Gasteiger partial charge is 0.323 e. The molecule has 0 radical (unpaired) electrons. The predicted octanol–water partition coefficient (Wildman–Crippen LogP) is 4.89. The molecular formula is C23H29N3O4. The van der Waals surface area contributed by atoms with E-state index in [0.29, 0.717) is 36.0 Å². The van der Waals surface area contributed by atoms with E-state index in [1.165, 1.54) is 0 Å². The van der Waals surface area contributed by atoms with Gasteiger partial charge in [-0.15, -0.1) is 0 Å². The van der Waals surface area contributed by atoms with Crippen molar-refractivity contribution in [1.82, 2.24) is 0 Å². The minimum absolute atomic E-state index is 0.0379. The van der Waals surface area contributed by atoms with Crippen LogP contribution in [0.2, 0.25) is 0 Å². The molecule has 30 heavy (non-hydrogen) atoms. The Kier molecular flexibility index (Phi) is 6.50. The van der Waals surface area contributed by atoms with Crippen LogP contribution >= 0.6 is 0 Å². The lowest BCUT2D eigenvalue weighted by molar-refractivity contribution is -0.127. The minimum atomic E-state index is -0.620. The van der Waals surface area contributed by atoms with Crippen molar-refractivity contribution in [2.24, 2.45) is 5.41 Å². The van der Waals surface area contributed by atoms with Crippen LogP contribution < -0.4 is 25.0 Å². The van der Waals surface area contributed by atoms with Gasteiger partial charge in [0.15, 0.2) is 0 Å². The van der Waals surface area contributed by atoms with E-state index >= 15 is 0 Å². The third-order valence-electron chi connectivity index (χ3n) is 4.93. The topological polar surface area (TPSA) is 79.9 Å². The van der Waals surface area contributed by atoms with E-state index in [1.54, 1.807) is 42.3 Å². The number of rotatable bonds is 6. The number of benzene rings is 2. The number of anilines is 3. The van der Waals surface area contributed by atoms with Crippen molar-refractivity contribution in [3.63, 3.8) is 0 Å². The van der Waals surface area contributed by atoms with Crippen LogP contribution in [0.4, 0.5) is 21.9 Å². The Morgan fingerprint density at radius 2 is 1.80 bits per heavy atom. The zero-order valence-electron chi connectivity index (χ0n) is 18.0. The SMILES string of the molecule is CCCCOc1ccc(NC(=O)Nc2ccc3c(c2)N(C)C(=O)C(C)(C)CO3)cc1. The highest BCUT2D eigenvalue weighted by molar-refractivity contribution is 6.02. The standard InChI is InChI=1S/C23H29N3O4/c1-5-6-13-29-18-10-7-16(8-11-18)24-22(28)25-17-9-12-20-19(14-17)26(4)21(27)23(2,3)15-30-20/h7-12,14H,5-6,13,15H2,1-4H3,(H2,24,25,28). The predicted molar refractivity (Wildman–Crippen MR) is 119 cm³/mol. The second-order valence-corrected chi connectivity index (χ2v) is 8.02. The summed E-state index contributed by atoms with van der Waals surface area (Å²) in [6.07, 6.45) is 2.09. The number of amides is 3. The van der Waals surface area contributed by atoms with Crippen LogP contribution in [0.3, 0.4) is 0 Å². The molecule has 7 nitrogen and oxygen atoms in total. The molecule has 0 unspecified atom stereocenters. The summed E-state index contributed by atoms with van der Waals surface area (Å²) in [5.74, 6) is 1.35. The molecule has 2 N–H and O–H groups in total. The zero-order chi connectivity index (χ0) is 21.7. The van der Waals surface area contributed by atoms with E-state index in [-0.39, 0.29) is 11.9 Å². The molecule has 7 heteroatoms. The van der Waals surface area contributed by atoms with Crippen LogP contribution in [0.25, 0.3) is 0 Å². The number of nitrogens with zero attached hydrogens (tertiary/aromatic N) is 1. The molecular weight excluding hydrogens is 382 g/mol. The minimum Gasteiger partial charge on any atom is -0.494 e. The van der Waals surface area contributed by atoms with E-state index in [1.807, 2.05) is 26.0 Å². The Morgan fingerprint density at radius 3 is 2.50 bits per heavy atom. The normalized spacial score (nSPS) is 14.9. The summed E-state index contributed by atoms with van der Waals surface area (Å²) >= 11 is 0. The molecule has 0 spiro atoms. The van der Waals surface area contributed by atoms with Gasteiger partial charge < -0.3 is 25.0 Å². The van der Waals surface area contributed by atoms with E-state index in [9.17, 15) is 9.59 Å². The van der Waals surface area contributed by atoms with Crippen molar-refractivity contribution in [2.75, 3.05) is 35.8 Å². The Labute approximate surface area is 177 Å². The fourth-order valence-corrected chi connectivity index (χ4v) is 3.12. The number of hydrogen-bond acceptors (Lipinski definition) is 4. The van der Waals surface area contributed by atoms with E-state index in [2.05, 4.69) is 17.6 Å². The van der Waals surface area contributed by atoms with Crippen LogP contribution in [0, 0.1) is 5.41 Å². The van der Waals surface area contributed by atoms with Crippen LogP contribution in [-0.2, 0) is 4.79 Å². The number of carbonyl (C=O) groups is 2. The Balaban J connectivity index is 1.64. The molecule has 3 rings (SSSR count). The number of nitrogens with one attached hydrogen (secondary N) is 2. The number of ether oxygens (including phenoxy) is 2. The number of urea groups is 1. The van der Waals surface area contributed by atoms with Crippen molar-refractivity contribution in [3.05, 3.63) is 42.5 Å². The Hall–Kier alpha value is -3.22. The fraction of sp³-hybridized carbons (Fsp3) is 0.391. The largest absolute Gasteiger partial charge is 0.494 e. The van der Waals surface area contributed by atoms with Gasteiger partial charge in [0.1, 0.15) is 18.1 Å². The van der Waals surface area contributed by atoms with E-state index < -0.39 is 5.41 Å². The monoisotopic (exact) mass is 411 g/mol. The molecule has 1 aliphatic heterocycles. The highest BCUT2D eigenvalue weighted by Crippen LogP contribution is 2.37. The molecule has 0 fully saturated rings. The number of unbranched alkanes of at least 4 members (excludes halogenated alkanes) is 1. The van der Waals surface area contributed by atoms with Gasteiger partial charge >= 0.3 is 6.03 Å². The van der Waals surface area contributed by atoms with Crippen LogP contribution in [0.5, 0.6) is 11.5 Å². The second-order valence-electron chi connectivity index (χ2n) is 8.02. The van der Waals surface area contributed by atoms with Crippen LogP contribution in [0.15, 0.2) is 42.5 Å². The van der Waals surface area contributed by atoms with Gasteiger partial charge in [0.25, 0.3) is 0 Å². The maximum absolute atomic E-state index is 12.7. The average Bonchev–Trinajstić information content (AvgIpc) is 2.80. The summed E-state index contributed by atoms with van der Waals surface area (Å²) < 4.78 is 11.4. The first-order valence-electron chi connectivity index (χ1n) is 10.2. The number of hydrogen-bond donors (Lipinski definition) is 2. The first kappa shape index (κ1) is 21.5. The molecule has 2 aromatic rings.